The molecule has 1 aromatic rings. The smallest absolute Gasteiger partial charge is 0.311 e. The summed E-state index contributed by atoms with van der Waals surface area (Å²) in [7, 11) is 1.41. The number of carbonyl (C=O) groups excluding carboxylic acids is 1. The van der Waals surface area contributed by atoms with Crippen molar-refractivity contribution in [3.63, 3.8) is 0 Å². The topological polar surface area (TPSA) is 54.5 Å². The zero-order valence-electron chi connectivity index (χ0n) is 11.8. The Labute approximate surface area is 123 Å². The maximum atomic E-state index is 11.2. The molecule has 20 heavy (non-hydrogen) atoms. The van der Waals surface area contributed by atoms with E-state index < -0.39 is 0 Å². The molecule has 0 aromatic carbocycles. The Morgan fingerprint density at radius 3 is 3.25 bits per heavy atom. The van der Waals surface area contributed by atoms with Crippen LogP contribution in [0, 0.1) is 0 Å². The molecule has 0 bridgehead atoms. The second-order valence-corrected chi connectivity index (χ2v) is 6.39. The normalized spacial score (nSPS) is 26.2. The molecular weight excluding hydrogens is 274 g/mol. The molecular formula is C14H21N3O2S. The van der Waals surface area contributed by atoms with Gasteiger partial charge in [-0.1, -0.05) is 6.42 Å². The Morgan fingerprint density at radius 1 is 1.50 bits per heavy atom. The second-order valence-electron chi connectivity index (χ2n) is 5.54. The predicted octanol–water partition coefficient (Wildman–Crippen LogP) is 1.90. The highest BCUT2D eigenvalue weighted by molar-refractivity contribution is 7.13. The van der Waals surface area contributed by atoms with E-state index >= 15 is 0 Å². The van der Waals surface area contributed by atoms with E-state index in [2.05, 4.69) is 19.9 Å². The molecule has 6 heteroatoms. The first kappa shape index (κ1) is 13.8. The third-order valence-corrected chi connectivity index (χ3v) is 5.09. The molecule has 3 rings (SSSR count). The Morgan fingerprint density at radius 2 is 2.40 bits per heavy atom. The van der Waals surface area contributed by atoms with Crippen LogP contribution in [0.3, 0.4) is 0 Å². The number of ether oxygens (including phenoxy) is 1. The largest absolute Gasteiger partial charge is 0.469 e. The van der Waals surface area contributed by atoms with Gasteiger partial charge in [-0.3, -0.25) is 9.69 Å². The van der Waals surface area contributed by atoms with Crippen molar-refractivity contribution < 1.29 is 9.53 Å². The van der Waals surface area contributed by atoms with Gasteiger partial charge in [0.1, 0.15) is 0 Å². The number of anilines is 1. The minimum absolute atomic E-state index is 0.235. The molecule has 2 aliphatic heterocycles. The lowest BCUT2D eigenvalue weighted by molar-refractivity contribution is -0.139. The summed E-state index contributed by atoms with van der Waals surface area (Å²) < 4.78 is 4.67. The highest BCUT2D eigenvalue weighted by Gasteiger charge is 2.35. The van der Waals surface area contributed by atoms with Crippen LogP contribution in [0.25, 0.3) is 0 Å². The van der Waals surface area contributed by atoms with Crippen molar-refractivity contribution in [2.24, 2.45) is 0 Å². The van der Waals surface area contributed by atoms with Gasteiger partial charge < -0.3 is 10.1 Å². The molecule has 0 saturated carbocycles. The number of methoxy groups -OCH3 is 1. The number of hydrogen-bond acceptors (Lipinski definition) is 6. The summed E-state index contributed by atoms with van der Waals surface area (Å²) in [6.07, 6.45) is 5.41. The molecule has 3 heterocycles. The Bertz CT molecular complexity index is 477. The molecule has 5 nitrogen and oxygen atoms in total. The van der Waals surface area contributed by atoms with E-state index in [0.29, 0.717) is 12.1 Å². The summed E-state index contributed by atoms with van der Waals surface area (Å²) in [6.45, 7) is 2.44. The number of aromatic nitrogens is 1. The zero-order valence-corrected chi connectivity index (χ0v) is 12.6. The average molecular weight is 295 g/mol. The summed E-state index contributed by atoms with van der Waals surface area (Å²) >= 11 is 1.58. The van der Waals surface area contributed by atoms with E-state index in [1.165, 1.54) is 45.9 Å². The van der Waals surface area contributed by atoms with Gasteiger partial charge in [-0.15, -0.1) is 11.3 Å². The quantitative estimate of drug-likeness (QED) is 0.860. The van der Waals surface area contributed by atoms with Crippen molar-refractivity contribution in [3.05, 3.63) is 11.1 Å². The van der Waals surface area contributed by atoms with Crippen LogP contribution in [-0.4, -0.2) is 48.1 Å². The Kier molecular flexibility index (Phi) is 4.21. The lowest BCUT2D eigenvalue weighted by atomic mass is 9.99. The van der Waals surface area contributed by atoms with E-state index in [-0.39, 0.29) is 12.4 Å². The van der Waals surface area contributed by atoms with Crippen LogP contribution in [0.1, 0.15) is 31.4 Å². The molecule has 0 spiro atoms. The van der Waals surface area contributed by atoms with Gasteiger partial charge in [-0.05, 0) is 25.8 Å². The molecule has 2 fully saturated rings. The third kappa shape index (κ3) is 2.96. The maximum absolute atomic E-state index is 11.2. The van der Waals surface area contributed by atoms with Crippen molar-refractivity contribution in [1.29, 1.82) is 0 Å². The van der Waals surface area contributed by atoms with Crippen LogP contribution < -0.4 is 5.32 Å². The summed E-state index contributed by atoms with van der Waals surface area (Å²) in [5.41, 5.74) is 0.794. The number of piperidine rings is 1. The van der Waals surface area contributed by atoms with E-state index in [1.807, 2.05) is 5.38 Å². The fourth-order valence-electron chi connectivity index (χ4n) is 3.25. The summed E-state index contributed by atoms with van der Waals surface area (Å²) in [4.78, 5) is 18.3. The fraction of sp³-hybridized carbons (Fsp3) is 0.714. The number of hydrogen-bond donors (Lipinski definition) is 1. The van der Waals surface area contributed by atoms with Crippen molar-refractivity contribution in [2.45, 2.75) is 44.2 Å². The number of carbonyl (C=O) groups is 1. The van der Waals surface area contributed by atoms with E-state index in [4.69, 9.17) is 0 Å². The molecule has 0 amide bonds. The van der Waals surface area contributed by atoms with Gasteiger partial charge in [0.05, 0.1) is 19.2 Å². The lowest BCUT2D eigenvalue weighted by Gasteiger charge is -2.32. The summed E-state index contributed by atoms with van der Waals surface area (Å²) in [6, 6.07) is 1.17. The molecule has 1 N–H and O–H groups in total. The Hall–Kier alpha value is -1.14. The van der Waals surface area contributed by atoms with Crippen LogP contribution in [0.5, 0.6) is 0 Å². The number of thiazole rings is 1. The molecule has 0 aliphatic carbocycles. The van der Waals surface area contributed by atoms with Gasteiger partial charge in [0.15, 0.2) is 5.13 Å². The average Bonchev–Trinajstić information content (AvgIpc) is 3.07. The fourth-order valence-corrected chi connectivity index (χ4v) is 4.02. The van der Waals surface area contributed by atoms with E-state index in [9.17, 15) is 4.79 Å². The van der Waals surface area contributed by atoms with Crippen LogP contribution in [0.15, 0.2) is 5.38 Å². The molecule has 2 aliphatic rings. The number of esters is 1. The summed E-state index contributed by atoms with van der Waals surface area (Å²) in [5, 5.41) is 6.43. The standard InChI is InChI=1S/C14H21N3O2S/c1-19-13(18)8-10-9-20-14(15-10)16-11-5-7-17-6-3-2-4-12(11)17/h9,11-12H,2-8H2,1H3,(H,15,16). The number of rotatable bonds is 4. The minimum atomic E-state index is -0.235. The lowest BCUT2D eigenvalue weighted by Crippen LogP contribution is -2.41. The van der Waals surface area contributed by atoms with Crippen molar-refractivity contribution >= 4 is 22.4 Å². The van der Waals surface area contributed by atoms with Gasteiger partial charge in [-0.25, -0.2) is 4.98 Å². The van der Waals surface area contributed by atoms with Gasteiger partial charge >= 0.3 is 5.97 Å². The van der Waals surface area contributed by atoms with Crippen LogP contribution in [0.2, 0.25) is 0 Å². The van der Waals surface area contributed by atoms with Crippen molar-refractivity contribution in [3.8, 4) is 0 Å². The highest BCUT2D eigenvalue weighted by Crippen LogP contribution is 2.30. The predicted molar refractivity (Wildman–Crippen MR) is 79.1 cm³/mol. The minimum Gasteiger partial charge on any atom is -0.469 e. The van der Waals surface area contributed by atoms with E-state index in [1.54, 1.807) is 11.3 Å². The van der Waals surface area contributed by atoms with Gasteiger partial charge in [0.2, 0.25) is 0 Å². The van der Waals surface area contributed by atoms with Gasteiger partial charge in [-0.2, -0.15) is 0 Å². The number of nitrogens with zero attached hydrogens (tertiary/aromatic N) is 2. The first-order valence-corrected chi connectivity index (χ1v) is 8.16. The SMILES string of the molecule is COC(=O)Cc1csc(NC2CCN3CCCCC23)n1. The van der Waals surface area contributed by atoms with Crippen LogP contribution in [-0.2, 0) is 16.0 Å². The first-order valence-electron chi connectivity index (χ1n) is 7.28. The van der Waals surface area contributed by atoms with Crippen LogP contribution in [0.4, 0.5) is 5.13 Å². The molecule has 1 aromatic heterocycles. The van der Waals surface area contributed by atoms with Crippen LogP contribution >= 0.6 is 11.3 Å². The van der Waals surface area contributed by atoms with Gasteiger partial charge in [0, 0.05) is 24.0 Å². The molecule has 110 valence electrons. The third-order valence-electron chi connectivity index (χ3n) is 4.27. The Balaban J connectivity index is 1.59. The zero-order chi connectivity index (χ0) is 13.9. The van der Waals surface area contributed by atoms with Gasteiger partial charge in [0.25, 0.3) is 0 Å². The molecule has 2 atom stereocenters. The van der Waals surface area contributed by atoms with Crippen molar-refractivity contribution in [1.82, 2.24) is 9.88 Å². The van der Waals surface area contributed by atoms with Crippen molar-refractivity contribution in [2.75, 3.05) is 25.5 Å². The monoisotopic (exact) mass is 295 g/mol. The summed E-state index contributed by atoms with van der Waals surface area (Å²) in [5.74, 6) is -0.235. The second kappa shape index (κ2) is 6.10. The maximum Gasteiger partial charge on any atom is 0.311 e. The molecule has 2 unspecified atom stereocenters. The molecule has 2 saturated heterocycles. The highest BCUT2D eigenvalue weighted by atomic mass is 32.1. The van der Waals surface area contributed by atoms with E-state index in [0.717, 1.165) is 10.8 Å². The first-order chi connectivity index (χ1) is 9.76. The number of nitrogens with one attached hydrogen (secondary N) is 1. The molecule has 0 radical (unpaired) electrons. The number of fused-ring (bicyclic) bond motifs is 1.